The summed E-state index contributed by atoms with van der Waals surface area (Å²) in [5.74, 6) is 1.69. The van der Waals surface area contributed by atoms with Gasteiger partial charge in [-0.1, -0.05) is 6.07 Å². The van der Waals surface area contributed by atoms with Crippen molar-refractivity contribution in [3.8, 4) is 11.5 Å². The number of rotatable bonds is 3. The van der Waals surface area contributed by atoms with Gasteiger partial charge in [0.2, 0.25) is 12.7 Å². The zero-order chi connectivity index (χ0) is 11.5. The van der Waals surface area contributed by atoms with Gasteiger partial charge in [0.15, 0.2) is 11.5 Å². The number of amides is 1. The van der Waals surface area contributed by atoms with E-state index in [1.54, 1.807) is 19.0 Å². The number of nitrogens with zero attached hydrogens (tertiary/aromatic N) is 1. The van der Waals surface area contributed by atoms with Crippen LogP contribution in [0.3, 0.4) is 0 Å². The van der Waals surface area contributed by atoms with Crippen LogP contribution in [0.2, 0.25) is 0 Å². The number of hydrogen-bond donors (Lipinski definition) is 0. The monoisotopic (exact) mass is 221 g/mol. The van der Waals surface area contributed by atoms with E-state index in [0.29, 0.717) is 6.42 Å². The Morgan fingerprint density at radius 3 is 2.81 bits per heavy atom. The Bertz CT molecular complexity index is 401. The van der Waals surface area contributed by atoms with Crippen molar-refractivity contribution in [2.75, 3.05) is 20.9 Å². The van der Waals surface area contributed by atoms with E-state index in [9.17, 15) is 4.79 Å². The maximum atomic E-state index is 11.4. The third-order valence-electron chi connectivity index (χ3n) is 2.56. The van der Waals surface area contributed by atoms with E-state index in [1.807, 2.05) is 18.2 Å². The minimum absolute atomic E-state index is 0.137. The summed E-state index contributed by atoms with van der Waals surface area (Å²) in [6.45, 7) is 0.287. The van der Waals surface area contributed by atoms with Crippen LogP contribution in [0.15, 0.2) is 18.2 Å². The lowest BCUT2D eigenvalue weighted by Gasteiger charge is -2.09. The average Bonchev–Trinajstić information content (AvgIpc) is 2.72. The fraction of sp³-hybridized carbons (Fsp3) is 0.417. The molecule has 0 N–H and O–H groups in total. The molecule has 0 saturated heterocycles. The second-order valence-electron chi connectivity index (χ2n) is 3.98. The summed E-state index contributed by atoms with van der Waals surface area (Å²) >= 11 is 0. The molecule has 0 aliphatic carbocycles. The Hall–Kier alpha value is -1.71. The smallest absolute Gasteiger partial charge is 0.231 e. The van der Waals surface area contributed by atoms with Crippen molar-refractivity contribution >= 4 is 5.91 Å². The van der Waals surface area contributed by atoms with E-state index in [-0.39, 0.29) is 12.7 Å². The van der Waals surface area contributed by atoms with Gasteiger partial charge in [-0.3, -0.25) is 4.79 Å². The van der Waals surface area contributed by atoms with Gasteiger partial charge in [0.25, 0.3) is 0 Å². The lowest BCUT2D eigenvalue weighted by atomic mass is 10.1. The first-order valence-corrected chi connectivity index (χ1v) is 5.25. The molecule has 0 unspecified atom stereocenters. The van der Waals surface area contributed by atoms with Crippen LogP contribution in [0, 0.1) is 0 Å². The molecule has 1 aliphatic rings. The second-order valence-corrected chi connectivity index (χ2v) is 3.98. The highest BCUT2D eigenvalue weighted by atomic mass is 16.7. The van der Waals surface area contributed by atoms with E-state index in [0.717, 1.165) is 23.5 Å². The molecule has 4 heteroatoms. The summed E-state index contributed by atoms with van der Waals surface area (Å²) in [5.41, 5.74) is 1.10. The van der Waals surface area contributed by atoms with Crippen LogP contribution >= 0.6 is 0 Å². The molecule has 1 aromatic carbocycles. The topological polar surface area (TPSA) is 38.8 Å². The molecule has 1 heterocycles. The zero-order valence-electron chi connectivity index (χ0n) is 9.53. The Morgan fingerprint density at radius 1 is 1.31 bits per heavy atom. The molecule has 1 aromatic rings. The van der Waals surface area contributed by atoms with E-state index >= 15 is 0 Å². The minimum atomic E-state index is 0.137. The molecule has 16 heavy (non-hydrogen) atoms. The van der Waals surface area contributed by atoms with Gasteiger partial charge in [0.05, 0.1) is 0 Å². The highest BCUT2D eigenvalue weighted by molar-refractivity contribution is 5.75. The molecule has 0 saturated carbocycles. The molecule has 1 aliphatic heterocycles. The highest BCUT2D eigenvalue weighted by Crippen LogP contribution is 2.32. The summed E-state index contributed by atoms with van der Waals surface area (Å²) in [6, 6.07) is 5.79. The molecule has 1 amide bonds. The standard InChI is InChI=1S/C12H15NO3/c1-13(2)12(14)6-4-9-3-5-10-11(7-9)16-8-15-10/h3,5,7H,4,6,8H2,1-2H3. The number of fused-ring (bicyclic) bond motifs is 1. The second kappa shape index (κ2) is 4.43. The first-order valence-electron chi connectivity index (χ1n) is 5.25. The third kappa shape index (κ3) is 2.27. The molecule has 4 nitrogen and oxygen atoms in total. The maximum absolute atomic E-state index is 11.4. The number of carbonyl (C=O) groups excluding carboxylic acids is 1. The third-order valence-corrected chi connectivity index (χ3v) is 2.56. The lowest BCUT2D eigenvalue weighted by Crippen LogP contribution is -2.21. The fourth-order valence-electron chi connectivity index (χ4n) is 1.57. The van der Waals surface area contributed by atoms with Crippen molar-refractivity contribution in [2.24, 2.45) is 0 Å². The number of aryl methyl sites for hydroxylation is 1. The molecule has 86 valence electrons. The fourth-order valence-corrected chi connectivity index (χ4v) is 1.57. The molecule has 0 fully saturated rings. The Balaban J connectivity index is 1.98. The average molecular weight is 221 g/mol. The zero-order valence-corrected chi connectivity index (χ0v) is 9.53. The van der Waals surface area contributed by atoms with E-state index < -0.39 is 0 Å². The number of ether oxygens (including phenoxy) is 2. The van der Waals surface area contributed by atoms with Crippen molar-refractivity contribution in [3.63, 3.8) is 0 Å². The van der Waals surface area contributed by atoms with Crippen LogP contribution in [0.25, 0.3) is 0 Å². The minimum Gasteiger partial charge on any atom is -0.454 e. The summed E-state index contributed by atoms with van der Waals surface area (Å²) in [7, 11) is 3.53. The summed E-state index contributed by atoms with van der Waals surface area (Å²) < 4.78 is 10.5. The van der Waals surface area contributed by atoms with Crippen LogP contribution in [-0.4, -0.2) is 31.7 Å². The van der Waals surface area contributed by atoms with Crippen LogP contribution in [0.1, 0.15) is 12.0 Å². The van der Waals surface area contributed by atoms with Gasteiger partial charge in [-0.05, 0) is 24.1 Å². The van der Waals surface area contributed by atoms with Crippen molar-refractivity contribution in [1.82, 2.24) is 4.90 Å². The number of carbonyl (C=O) groups is 1. The number of hydrogen-bond acceptors (Lipinski definition) is 3. The molecule has 0 atom stereocenters. The highest BCUT2D eigenvalue weighted by Gasteiger charge is 2.13. The van der Waals surface area contributed by atoms with Gasteiger partial charge >= 0.3 is 0 Å². The van der Waals surface area contributed by atoms with Gasteiger partial charge in [-0.25, -0.2) is 0 Å². The van der Waals surface area contributed by atoms with E-state index in [1.165, 1.54) is 0 Å². The van der Waals surface area contributed by atoms with Crippen LogP contribution in [0.5, 0.6) is 11.5 Å². The lowest BCUT2D eigenvalue weighted by molar-refractivity contribution is -0.128. The van der Waals surface area contributed by atoms with Crippen LogP contribution in [0.4, 0.5) is 0 Å². The molecular formula is C12H15NO3. The Labute approximate surface area is 94.8 Å². The van der Waals surface area contributed by atoms with Crippen LogP contribution in [-0.2, 0) is 11.2 Å². The van der Waals surface area contributed by atoms with Crippen molar-refractivity contribution in [2.45, 2.75) is 12.8 Å². The van der Waals surface area contributed by atoms with Crippen molar-refractivity contribution in [3.05, 3.63) is 23.8 Å². The Morgan fingerprint density at radius 2 is 2.06 bits per heavy atom. The van der Waals surface area contributed by atoms with Crippen LogP contribution < -0.4 is 9.47 Å². The van der Waals surface area contributed by atoms with Crippen molar-refractivity contribution < 1.29 is 14.3 Å². The first-order chi connectivity index (χ1) is 7.66. The summed E-state index contributed by atoms with van der Waals surface area (Å²) in [4.78, 5) is 13.0. The molecular weight excluding hydrogens is 206 g/mol. The predicted molar refractivity (Wildman–Crippen MR) is 59.6 cm³/mol. The maximum Gasteiger partial charge on any atom is 0.231 e. The predicted octanol–water partition coefficient (Wildman–Crippen LogP) is 1.44. The van der Waals surface area contributed by atoms with E-state index in [4.69, 9.17) is 9.47 Å². The molecule has 0 spiro atoms. The Kier molecular flexibility index (Phi) is 2.99. The van der Waals surface area contributed by atoms with E-state index in [2.05, 4.69) is 0 Å². The molecule has 0 aromatic heterocycles. The normalized spacial score (nSPS) is 12.6. The molecule has 0 bridgehead atoms. The first kappa shape index (κ1) is 10.8. The molecule has 0 radical (unpaired) electrons. The number of benzene rings is 1. The van der Waals surface area contributed by atoms with Gasteiger partial charge in [0.1, 0.15) is 0 Å². The van der Waals surface area contributed by atoms with Crippen molar-refractivity contribution in [1.29, 1.82) is 0 Å². The quantitative estimate of drug-likeness (QED) is 0.775. The van der Waals surface area contributed by atoms with Gasteiger partial charge in [-0.2, -0.15) is 0 Å². The summed E-state index contributed by atoms with van der Waals surface area (Å²) in [5, 5.41) is 0. The molecule has 2 rings (SSSR count). The van der Waals surface area contributed by atoms with Gasteiger partial charge in [-0.15, -0.1) is 0 Å². The summed E-state index contributed by atoms with van der Waals surface area (Å²) in [6.07, 6.45) is 1.25. The van der Waals surface area contributed by atoms with Gasteiger partial charge < -0.3 is 14.4 Å². The SMILES string of the molecule is CN(C)C(=O)CCc1ccc2c(c1)OCO2. The van der Waals surface area contributed by atoms with Gasteiger partial charge in [0, 0.05) is 20.5 Å². The largest absolute Gasteiger partial charge is 0.454 e.